The highest BCUT2D eigenvalue weighted by Gasteiger charge is 2.29. The van der Waals surface area contributed by atoms with Crippen LogP contribution in [0.1, 0.15) is 27.0 Å². The van der Waals surface area contributed by atoms with Crippen molar-refractivity contribution in [1.29, 1.82) is 0 Å². The molecule has 0 saturated heterocycles. The molecule has 2 N–H and O–H groups in total. The van der Waals surface area contributed by atoms with Crippen molar-refractivity contribution < 1.29 is 23.1 Å². The third kappa shape index (κ3) is 3.43. The molecule has 2 aromatic carbocycles. The van der Waals surface area contributed by atoms with Gasteiger partial charge in [0.25, 0.3) is 0 Å². The summed E-state index contributed by atoms with van der Waals surface area (Å²) in [6, 6.07) is 7.56. The summed E-state index contributed by atoms with van der Waals surface area (Å²) in [5.74, 6) is -1.35. The summed E-state index contributed by atoms with van der Waals surface area (Å²) < 4.78 is 37.9. The summed E-state index contributed by atoms with van der Waals surface area (Å²) >= 11 is 6.19. The summed E-state index contributed by atoms with van der Waals surface area (Å²) in [5, 5.41) is 9.50. The maximum Gasteiger partial charge on any atom is 0.416 e. The Kier molecular flexibility index (Phi) is 4.50. The largest absolute Gasteiger partial charge is 0.477 e. The van der Waals surface area contributed by atoms with E-state index < -0.39 is 28.7 Å². The molecular weight excluding hydrogens is 371 g/mol. The first kappa shape index (κ1) is 18.0. The molecule has 0 aliphatic rings. The molecule has 0 spiro atoms. The van der Waals surface area contributed by atoms with Crippen molar-refractivity contribution in [2.75, 3.05) is 0 Å². The number of aromatic amines is 1. The van der Waals surface area contributed by atoms with Gasteiger partial charge >= 0.3 is 12.1 Å². The highest BCUT2D eigenvalue weighted by molar-refractivity contribution is 6.32. The average molecular weight is 382 g/mol. The molecule has 134 valence electrons. The number of carboxylic acids is 1. The molecule has 0 aliphatic carbocycles. The van der Waals surface area contributed by atoms with Crippen LogP contribution in [0.3, 0.4) is 0 Å². The monoisotopic (exact) mass is 381 g/mol. The van der Waals surface area contributed by atoms with Gasteiger partial charge < -0.3 is 10.1 Å². The van der Waals surface area contributed by atoms with Crippen LogP contribution in [0.5, 0.6) is 0 Å². The minimum Gasteiger partial charge on any atom is -0.477 e. The van der Waals surface area contributed by atoms with Crippen molar-refractivity contribution in [1.82, 2.24) is 4.98 Å². The Morgan fingerprint density at radius 1 is 1.15 bits per heavy atom. The zero-order chi connectivity index (χ0) is 19.1. The number of hydrogen-bond acceptors (Lipinski definition) is 2. The smallest absolute Gasteiger partial charge is 0.416 e. The fourth-order valence-electron chi connectivity index (χ4n) is 2.61. The Bertz CT molecular complexity index is 1060. The highest BCUT2D eigenvalue weighted by atomic mass is 35.5. The van der Waals surface area contributed by atoms with Crippen molar-refractivity contribution in [3.63, 3.8) is 0 Å². The van der Waals surface area contributed by atoms with Gasteiger partial charge in [0.05, 0.1) is 11.1 Å². The lowest BCUT2D eigenvalue weighted by Gasteiger charge is -2.10. The molecule has 0 atom stereocenters. The zero-order valence-electron chi connectivity index (χ0n) is 13.0. The van der Waals surface area contributed by atoms with Gasteiger partial charge in [-0.2, -0.15) is 13.2 Å². The second-order valence-corrected chi connectivity index (χ2v) is 6.10. The molecular formula is C18H11ClF3NO3. The fourth-order valence-corrected chi connectivity index (χ4v) is 2.84. The van der Waals surface area contributed by atoms with E-state index >= 15 is 0 Å². The number of H-pyrrole nitrogens is 1. The van der Waals surface area contributed by atoms with Crippen molar-refractivity contribution in [3.05, 3.63) is 80.1 Å². The average Bonchev–Trinajstić information content (AvgIpc) is 2.56. The first-order valence-electron chi connectivity index (χ1n) is 7.40. The number of hydrogen-bond donors (Lipinski definition) is 2. The molecule has 0 amide bonds. The number of aromatic nitrogens is 1. The maximum absolute atomic E-state index is 12.6. The number of benzene rings is 2. The minimum atomic E-state index is -4.42. The summed E-state index contributed by atoms with van der Waals surface area (Å²) in [6.07, 6.45) is -3.12. The van der Waals surface area contributed by atoms with E-state index in [0.717, 1.165) is 18.3 Å². The van der Waals surface area contributed by atoms with E-state index in [1.165, 1.54) is 24.3 Å². The predicted molar refractivity (Wildman–Crippen MR) is 90.8 cm³/mol. The Labute approximate surface area is 149 Å². The second kappa shape index (κ2) is 6.49. The molecule has 0 radical (unpaired) electrons. The molecule has 4 nitrogen and oxygen atoms in total. The number of fused-ring (bicyclic) bond motifs is 1. The van der Waals surface area contributed by atoms with Gasteiger partial charge in [-0.05, 0) is 41.8 Å². The van der Waals surface area contributed by atoms with Crippen molar-refractivity contribution >= 4 is 28.5 Å². The van der Waals surface area contributed by atoms with Gasteiger partial charge in [0.15, 0.2) is 0 Å². The fraction of sp³-hybridized carbons (Fsp3) is 0.111. The van der Waals surface area contributed by atoms with E-state index in [0.29, 0.717) is 21.7 Å². The van der Waals surface area contributed by atoms with Gasteiger partial charge in [0.2, 0.25) is 5.43 Å². The highest BCUT2D eigenvalue weighted by Crippen LogP contribution is 2.30. The number of pyridine rings is 1. The Morgan fingerprint density at radius 3 is 2.38 bits per heavy atom. The molecule has 3 rings (SSSR count). The van der Waals surface area contributed by atoms with E-state index in [2.05, 4.69) is 4.98 Å². The Balaban J connectivity index is 2.02. The number of aromatic carboxylic acids is 1. The van der Waals surface area contributed by atoms with E-state index in [9.17, 15) is 22.8 Å². The van der Waals surface area contributed by atoms with Crippen LogP contribution in [0.4, 0.5) is 13.2 Å². The van der Waals surface area contributed by atoms with Crippen LogP contribution in [-0.2, 0) is 12.6 Å². The number of alkyl halides is 3. The van der Waals surface area contributed by atoms with Crippen molar-refractivity contribution in [3.8, 4) is 0 Å². The van der Waals surface area contributed by atoms with Gasteiger partial charge in [-0.25, -0.2) is 4.79 Å². The first-order chi connectivity index (χ1) is 12.2. The normalized spacial score (nSPS) is 11.7. The van der Waals surface area contributed by atoms with Gasteiger partial charge in [-0.15, -0.1) is 0 Å². The van der Waals surface area contributed by atoms with Crippen LogP contribution in [0, 0.1) is 0 Å². The predicted octanol–water partition coefficient (Wildman–Crippen LogP) is 4.49. The SMILES string of the molecule is O=C(O)c1c[nH]c2cc(Cl)c(Cc3ccc(C(F)(F)F)cc3)cc2c1=O. The van der Waals surface area contributed by atoms with Crippen LogP contribution in [-0.4, -0.2) is 16.1 Å². The molecule has 3 aromatic rings. The molecule has 26 heavy (non-hydrogen) atoms. The number of carboxylic acid groups (broad SMARTS) is 1. The minimum absolute atomic E-state index is 0.149. The molecule has 0 unspecified atom stereocenters. The zero-order valence-corrected chi connectivity index (χ0v) is 13.8. The number of rotatable bonds is 3. The van der Waals surface area contributed by atoms with Crippen LogP contribution in [0.2, 0.25) is 5.02 Å². The topological polar surface area (TPSA) is 70.2 Å². The maximum atomic E-state index is 12.6. The molecule has 0 bridgehead atoms. The Morgan fingerprint density at radius 2 is 1.81 bits per heavy atom. The van der Waals surface area contributed by atoms with E-state index in [-0.39, 0.29) is 11.8 Å². The molecule has 0 fully saturated rings. The summed E-state index contributed by atoms with van der Waals surface area (Å²) in [5.41, 5.74) is -0.358. The van der Waals surface area contributed by atoms with Crippen molar-refractivity contribution in [2.24, 2.45) is 0 Å². The second-order valence-electron chi connectivity index (χ2n) is 5.70. The molecule has 1 aromatic heterocycles. The van der Waals surface area contributed by atoms with Crippen LogP contribution >= 0.6 is 11.6 Å². The van der Waals surface area contributed by atoms with Gasteiger partial charge in [0, 0.05) is 16.6 Å². The lowest BCUT2D eigenvalue weighted by atomic mass is 10.0. The van der Waals surface area contributed by atoms with E-state index in [1.807, 2.05) is 0 Å². The van der Waals surface area contributed by atoms with Gasteiger partial charge in [-0.3, -0.25) is 4.79 Å². The third-order valence-electron chi connectivity index (χ3n) is 3.95. The summed E-state index contributed by atoms with van der Waals surface area (Å²) in [7, 11) is 0. The first-order valence-corrected chi connectivity index (χ1v) is 7.78. The van der Waals surface area contributed by atoms with E-state index in [4.69, 9.17) is 16.7 Å². The van der Waals surface area contributed by atoms with Gasteiger partial charge in [-0.1, -0.05) is 23.7 Å². The third-order valence-corrected chi connectivity index (χ3v) is 4.31. The lowest BCUT2D eigenvalue weighted by molar-refractivity contribution is -0.137. The molecule has 8 heteroatoms. The Hall–Kier alpha value is -2.80. The summed E-state index contributed by atoms with van der Waals surface area (Å²) in [6.45, 7) is 0. The van der Waals surface area contributed by atoms with Crippen LogP contribution < -0.4 is 5.43 Å². The summed E-state index contributed by atoms with van der Waals surface area (Å²) in [4.78, 5) is 26.1. The lowest BCUT2D eigenvalue weighted by Crippen LogP contribution is -2.15. The number of halogens is 4. The standard InChI is InChI=1S/C18H11ClF3NO3/c19-14-7-15-12(16(24)13(8-23-15)17(25)26)6-10(14)5-9-1-3-11(4-2-9)18(20,21)22/h1-4,6-8H,5H2,(H,23,24)(H,25,26). The van der Waals surface area contributed by atoms with Gasteiger partial charge in [0.1, 0.15) is 5.56 Å². The van der Waals surface area contributed by atoms with Crippen LogP contribution in [0.25, 0.3) is 10.9 Å². The van der Waals surface area contributed by atoms with Crippen LogP contribution in [0.15, 0.2) is 47.4 Å². The van der Waals surface area contributed by atoms with Crippen molar-refractivity contribution in [2.45, 2.75) is 12.6 Å². The number of carbonyl (C=O) groups is 1. The van der Waals surface area contributed by atoms with E-state index in [1.54, 1.807) is 0 Å². The number of nitrogens with one attached hydrogen (secondary N) is 1. The quantitative estimate of drug-likeness (QED) is 0.702. The molecule has 0 saturated carbocycles. The molecule has 0 aliphatic heterocycles. The molecule has 1 heterocycles.